The molecule has 1 aromatic heterocycles. The van der Waals surface area contributed by atoms with Crippen molar-refractivity contribution in [2.45, 2.75) is 210 Å². The molecule has 4 N–H and O–H groups in total. The van der Waals surface area contributed by atoms with E-state index in [-0.39, 0.29) is 48.8 Å². The molecule has 436 valence electrons. The standard InChI is InChI=1S/C57H91N3O16S/c1-17-42-57(11,68)49(64)33(5)45(61)30(2)27-55(9,69-15)50(76-54-47(63)41(58(12)13)24-32(4)72-54)34(6)48(35(7)53(67)74-42)75-43-28-56(10,70-16)51(36(8)73-43)71-22-20-59(14)21-23-77-38-25-37-19-18-31(3)60-29-40(52(65)66)46(62)39(26-38)44(37)60/h25-26,29-36,41-43,47-51,54,63-64,68H,17-24,27-28H2,1-16H3,(H,65,66)/t30-,31?,32-,33+,34+,35-,36+,41+,42-,43+,47-,48+,49-,50-,51+,54+,55-,56-,57-/m1/s1. The topological polar surface area (TPSA) is 234 Å². The van der Waals surface area contributed by atoms with Crippen LogP contribution in [0.4, 0.5) is 0 Å². The normalized spacial score (nSPS) is 38.7. The summed E-state index contributed by atoms with van der Waals surface area (Å²) in [6.45, 7) is 21.2. The number of Topliss-reactive ketones (excluding diaryl/α,β-unsaturated/α-hetero) is 1. The molecule has 3 fully saturated rings. The van der Waals surface area contributed by atoms with Crippen LogP contribution in [0.1, 0.15) is 130 Å². The van der Waals surface area contributed by atoms with E-state index in [1.54, 1.807) is 46.6 Å². The maximum Gasteiger partial charge on any atom is 0.341 e. The Kier molecular flexibility index (Phi) is 21.1. The number of carbonyl (C=O) groups excluding carboxylic acids is 2. The van der Waals surface area contributed by atoms with Gasteiger partial charge in [-0.3, -0.25) is 14.4 Å². The van der Waals surface area contributed by atoms with Crippen LogP contribution in [0, 0.1) is 23.7 Å². The number of nitrogens with zero attached hydrogens (tertiary/aromatic N) is 3. The summed E-state index contributed by atoms with van der Waals surface area (Å²) in [4.78, 5) is 59.2. The van der Waals surface area contributed by atoms with E-state index in [9.17, 15) is 39.6 Å². The average Bonchev–Trinajstić information content (AvgIpc) is 3.38. The number of aliphatic hydroxyl groups is 3. The second-order valence-electron chi connectivity index (χ2n) is 23.6. The predicted octanol–water partition coefficient (Wildman–Crippen LogP) is 5.71. The summed E-state index contributed by atoms with van der Waals surface area (Å²) >= 11 is 1.62. The molecule has 20 heteroatoms. The number of ether oxygens (including phenoxy) is 8. The smallest absolute Gasteiger partial charge is 0.341 e. The summed E-state index contributed by atoms with van der Waals surface area (Å²) in [6.07, 6.45) is -5.32. The molecule has 4 aliphatic heterocycles. The van der Waals surface area contributed by atoms with Crippen molar-refractivity contribution in [3.63, 3.8) is 0 Å². The highest BCUT2D eigenvalue weighted by atomic mass is 32.2. The number of aromatic nitrogens is 1. The number of hydrogen-bond acceptors (Lipinski definition) is 18. The van der Waals surface area contributed by atoms with Crippen LogP contribution in [-0.2, 0) is 53.9 Å². The number of cyclic esters (lactones) is 1. The van der Waals surface area contributed by atoms with Gasteiger partial charge < -0.3 is 72.7 Å². The van der Waals surface area contributed by atoms with E-state index in [0.717, 1.165) is 28.8 Å². The Morgan fingerprint density at radius 3 is 2.18 bits per heavy atom. The number of carboxylic acid groups (broad SMARTS) is 1. The molecule has 3 saturated heterocycles. The van der Waals surface area contributed by atoms with Gasteiger partial charge >= 0.3 is 11.9 Å². The number of ketones is 1. The van der Waals surface area contributed by atoms with Gasteiger partial charge in [-0.1, -0.05) is 27.7 Å². The third kappa shape index (κ3) is 13.6. The van der Waals surface area contributed by atoms with E-state index >= 15 is 0 Å². The molecule has 0 radical (unpaired) electrons. The fraction of sp³-hybridized carbons (Fsp3) is 0.789. The van der Waals surface area contributed by atoms with Gasteiger partial charge in [-0.2, -0.15) is 0 Å². The summed E-state index contributed by atoms with van der Waals surface area (Å²) < 4.78 is 54.3. The molecule has 0 saturated carbocycles. The first-order valence-corrected chi connectivity index (χ1v) is 28.6. The average molecular weight is 1110 g/mol. The van der Waals surface area contributed by atoms with Gasteiger partial charge in [0.15, 0.2) is 12.6 Å². The summed E-state index contributed by atoms with van der Waals surface area (Å²) in [6, 6.07) is 3.71. The van der Waals surface area contributed by atoms with E-state index in [1.165, 1.54) is 20.2 Å². The lowest BCUT2D eigenvalue weighted by atomic mass is 9.74. The SMILES string of the molecule is CC[C@H]1OC(=O)[C@H](C)[C@@H](O[C@H]2C[C@@](C)(OC)[C@@H](OCCN(C)CCSc3cc4c5c(c3)c(=O)c(C(=O)O)cn5C(C)CC4)[C@H](C)O2)[C@H](C)[C@@H](O[C@@H]2O[C@H](C)C[C@H](N(C)C)[C@H]2O)[C@](C)(OC)C[C@@H](C)C(=O)[C@H](C)[C@@H](O)[C@]1(C)O. The van der Waals surface area contributed by atoms with E-state index in [4.69, 9.17) is 37.9 Å². The Morgan fingerprint density at radius 1 is 0.896 bits per heavy atom. The fourth-order valence-corrected chi connectivity index (χ4v) is 13.5. The second kappa shape index (κ2) is 25.8. The van der Waals surface area contributed by atoms with Crippen molar-refractivity contribution in [2.24, 2.45) is 23.7 Å². The number of likely N-dealkylation sites (N-methyl/N-ethyl adjacent to an activating group) is 2. The molecular weight excluding hydrogens is 1010 g/mol. The highest BCUT2D eigenvalue weighted by molar-refractivity contribution is 7.99. The van der Waals surface area contributed by atoms with Crippen molar-refractivity contribution < 1.29 is 72.7 Å². The van der Waals surface area contributed by atoms with Crippen LogP contribution >= 0.6 is 11.8 Å². The minimum absolute atomic E-state index is 0.0848. The van der Waals surface area contributed by atoms with Crippen LogP contribution in [0.3, 0.4) is 0 Å². The maximum atomic E-state index is 14.6. The molecule has 4 aliphatic rings. The third-order valence-corrected chi connectivity index (χ3v) is 18.4. The lowest BCUT2D eigenvalue weighted by Gasteiger charge is -2.50. The van der Waals surface area contributed by atoms with Gasteiger partial charge in [-0.15, -0.1) is 11.8 Å². The zero-order chi connectivity index (χ0) is 57.2. The first-order valence-electron chi connectivity index (χ1n) is 27.6. The number of rotatable bonds is 17. The molecule has 0 bridgehead atoms. The van der Waals surface area contributed by atoms with Crippen LogP contribution in [-0.4, -0.2) is 198 Å². The van der Waals surface area contributed by atoms with Crippen LogP contribution in [0.15, 0.2) is 28.0 Å². The van der Waals surface area contributed by atoms with Crippen LogP contribution in [0.5, 0.6) is 0 Å². The van der Waals surface area contributed by atoms with Gasteiger partial charge in [0.2, 0.25) is 5.43 Å². The minimum Gasteiger partial charge on any atom is -0.477 e. The van der Waals surface area contributed by atoms with Gasteiger partial charge in [0, 0.05) is 85.8 Å². The third-order valence-electron chi connectivity index (χ3n) is 17.5. The maximum absolute atomic E-state index is 14.6. The van der Waals surface area contributed by atoms with Crippen molar-refractivity contribution in [1.82, 2.24) is 14.4 Å². The molecule has 1 aromatic carbocycles. The predicted molar refractivity (Wildman–Crippen MR) is 291 cm³/mol. The molecule has 0 amide bonds. The minimum atomic E-state index is -2.00. The molecule has 19 atom stereocenters. The van der Waals surface area contributed by atoms with Gasteiger partial charge in [0.25, 0.3) is 0 Å². The monoisotopic (exact) mass is 1110 g/mol. The Bertz CT molecular complexity index is 2420. The lowest BCUT2D eigenvalue weighted by molar-refractivity contribution is -0.322. The van der Waals surface area contributed by atoms with E-state index in [0.29, 0.717) is 37.3 Å². The number of thioether (sulfide) groups is 1. The number of aromatic carboxylic acids is 1. The molecule has 6 rings (SSSR count). The van der Waals surface area contributed by atoms with Crippen molar-refractivity contribution >= 4 is 40.4 Å². The number of carbonyl (C=O) groups is 3. The van der Waals surface area contributed by atoms with Crippen molar-refractivity contribution in [3.8, 4) is 0 Å². The summed E-state index contributed by atoms with van der Waals surface area (Å²) in [5.41, 5.74) is -3.06. The highest BCUT2D eigenvalue weighted by Crippen LogP contribution is 2.43. The quantitative estimate of drug-likeness (QED) is 0.110. The van der Waals surface area contributed by atoms with Crippen LogP contribution in [0.25, 0.3) is 10.9 Å². The zero-order valence-corrected chi connectivity index (χ0v) is 49.3. The first kappa shape index (κ1) is 63.1. The summed E-state index contributed by atoms with van der Waals surface area (Å²) in [5.74, 6) is -5.14. The molecular formula is C57H91N3O16S. The number of benzene rings is 1. The van der Waals surface area contributed by atoms with Crippen molar-refractivity contribution in [3.05, 3.63) is 39.7 Å². The molecule has 77 heavy (non-hydrogen) atoms. The summed E-state index contributed by atoms with van der Waals surface area (Å²) in [5, 5.41) is 45.6. The molecule has 2 aromatic rings. The lowest BCUT2D eigenvalue weighted by Crippen LogP contribution is -2.61. The Hall–Kier alpha value is -3.09. The largest absolute Gasteiger partial charge is 0.477 e. The van der Waals surface area contributed by atoms with Gasteiger partial charge in [0.05, 0.1) is 59.8 Å². The van der Waals surface area contributed by atoms with Gasteiger partial charge in [0.1, 0.15) is 35.3 Å². The number of hydrogen-bond donors (Lipinski definition) is 4. The van der Waals surface area contributed by atoms with Crippen LogP contribution in [0.2, 0.25) is 0 Å². The van der Waals surface area contributed by atoms with E-state index in [2.05, 4.69) is 11.0 Å². The van der Waals surface area contributed by atoms with E-state index in [1.807, 2.05) is 78.2 Å². The van der Waals surface area contributed by atoms with Crippen molar-refractivity contribution in [1.29, 1.82) is 0 Å². The molecule has 0 aliphatic carbocycles. The van der Waals surface area contributed by atoms with E-state index < -0.39 is 113 Å². The molecule has 19 nitrogen and oxygen atoms in total. The number of carboxylic acids is 1. The van der Waals surface area contributed by atoms with Crippen molar-refractivity contribution in [2.75, 3.05) is 60.8 Å². The number of aryl methyl sites for hydroxylation is 1. The number of pyridine rings is 1. The Balaban J connectivity index is 1.21. The number of methoxy groups -OCH3 is 2. The number of esters is 1. The van der Waals surface area contributed by atoms with Gasteiger partial charge in [-0.05, 0) is 119 Å². The summed E-state index contributed by atoms with van der Waals surface area (Å²) in [7, 11) is 8.90. The molecule has 1 unspecified atom stereocenters. The second-order valence-corrected chi connectivity index (χ2v) is 24.7. The Morgan fingerprint density at radius 2 is 1.56 bits per heavy atom. The zero-order valence-electron chi connectivity index (χ0n) is 48.5. The van der Waals surface area contributed by atoms with Gasteiger partial charge in [-0.25, -0.2) is 4.79 Å². The highest BCUT2D eigenvalue weighted by Gasteiger charge is 2.54. The first-order chi connectivity index (χ1) is 36.0. The van der Waals surface area contributed by atoms with Crippen LogP contribution < -0.4 is 5.43 Å². The number of aliphatic hydroxyl groups excluding tert-OH is 2. The Labute approximate surface area is 459 Å². The fourth-order valence-electron chi connectivity index (χ4n) is 12.5. The molecule has 5 heterocycles. The molecule has 0 spiro atoms.